The molecule has 0 heterocycles. The number of carbonyl (C=O) groups excluding carboxylic acids is 1. The van der Waals surface area contributed by atoms with E-state index < -0.39 is 0 Å². The second-order valence-electron chi connectivity index (χ2n) is 2.87. The summed E-state index contributed by atoms with van der Waals surface area (Å²) in [7, 11) is 0. The summed E-state index contributed by atoms with van der Waals surface area (Å²) in [5, 5.41) is 3.44. The molecule has 1 aromatic carbocycles. The quantitative estimate of drug-likeness (QED) is 0.866. The minimum atomic E-state index is -0.0763. The zero-order valence-corrected chi connectivity index (χ0v) is 11.4. The van der Waals surface area contributed by atoms with Crippen molar-refractivity contribution in [1.82, 2.24) is 5.32 Å². The van der Waals surface area contributed by atoms with Crippen LogP contribution in [-0.2, 0) is 0 Å². The molecule has 5 heteroatoms. The summed E-state index contributed by atoms with van der Waals surface area (Å²) in [4.78, 5) is 11.7. The fourth-order valence-corrected chi connectivity index (χ4v) is 2.20. The van der Waals surface area contributed by atoms with Gasteiger partial charge in [0.2, 0.25) is 0 Å². The number of carbonyl (C=O) groups is 1. The molecule has 1 N–H and O–H groups in total. The van der Waals surface area contributed by atoms with Crippen LogP contribution in [0.5, 0.6) is 0 Å². The molecule has 2 nitrogen and oxygen atoms in total. The molecule has 15 heavy (non-hydrogen) atoms. The van der Waals surface area contributed by atoms with Crippen molar-refractivity contribution in [3.63, 3.8) is 0 Å². The number of amides is 1. The largest absolute Gasteiger partial charge is 0.351 e. The number of thioether (sulfide) groups is 1. The fraction of sp³-hybridized carbons (Fsp3) is 0.300. The van der Waals surface area contributed by atoms with Gasteiger partial charge in [0.15, 0.2) is 0 Å². The molecule has 0 saturated carbocycles. The highest BCUT2D eigenvalue weighted by molar-refractivity contribution is 9.10. The Balaban J connectivity index is 2.65. The zero-order chi connectivity index (χ0) is 11.3. The molecular weight excluding hydrogens is 298 g/mol. The van der Waals surface area contributed by atoms with Gasteiger partial charge in [-0.15, -0.1) is 0 Å². The Morgan fingerprint density at radius 1 is 1.60 bits per heavy atom. The number of halogens is 2. The third kappa shape index (κ3) is 4.05. The van der Waals surface area contributed by atoms with Gasteiger partial charge in [0.05, 0.1) is 5.56 Å². The molecule has 0 aromatic heterocycles. The van der Waals surface area contributed by atoms with Gasteiger partial charge in [-0.2, -0.15) is 11.8 Å². The maximum absolute atomic E-state index is 11.7. The van der Waals surface area contributed by atoms with E-state index in [0.29, 0.717) is 17.1 Å². The molecule has 1 rings (SSSR count). The van der Waals surface area contributed by atoms with Crippen LogP contribution in [0, 0.1) is 0 Å². The molecule has 0 radical (unpaired) electrons. The highest BCUT2D eigenvalue weighted by Gasteiger charge is 2.08. The lowest BCUT2D eigenvalue weighted by molar-refractivity contribution is 0.0955. The topological polar surface area (TPSA) is 29.1 Å². The Labute approximate surface area is 107 Å². The lowest BCUT2D eigenvalue weighted by Gasteiger charge is -2.06. The van der Waals surface area contributed by atoms with Gasteiger partial charge in [-0.05, 0) is 40.4 Å². The first kappa shape index (κ1) is 12.9. The molecule has 82 valence electrons. The molecule has 0 fully saturated rings. The van der Waals surface area contributed by atoms with Crippen LogP contribution in [0.25, 0.3) is 0 Å². The first-order valence-electron chi connectivity index (χ1n) is 4.37. The minimum Gasteiger partial charge on any atom is -0.351 e. The number of nitrogens with one attached hydrogen (secondary N) is 1. The molecule has 0 aliphatic heterocycles. The van der Waals surface area contributed by atoms with E-state index in [9.17, 15) is 4.79 Å². The molecule has 0 spiro atoms. The molecule has 0 bridgehead atoms. The van der Waals surface area contributed by atoms with Gasteiger partial charge >= 0.3 is 0 Å². The molecular formula is C10H11BrClNOS. The number of benzene rings is 1. The Morgan fingerprint density at radius 3 is 2.93 bits per heavy atom. The van der Waals surface area contributed by atoms with Gasteiger partial charge in [0.1, 0.15) is 0 Å². The van der Waals surface area contributed by atoms with Crippen molar-refractivity contribution >= 4 is 45.2 Å². The minimum absolute atomic E-state index is 0.0763. The highest BCUT2D eigenvalue weighted by Crippen LogP contribution is 2.21. The summed E-state index contributed by atoms with van der Waals surface area (Å²) in [5.74, 6) is 0.837. The van der Waals surface area contributed by atoms with Crippen LogP contribution >= 0.6 is 39.3 Å². The molecule has 1 amide bonds. The molecule has 0 saturated heterocycles. The van der Waals surface area contributed by atoms with Crippen LogP contribution < -0.4 is 5.32 Å². The SMILES string of the molecule is CSCCNC(=O)c1ccc(Cl)cc1Br. The molecule has 0 aliphatic carbocycles. The van der Waals surface area contributed by atoms with Crippen LogP contribution in [0.15, 0.2) is 22.7 Å². The molecule has 0 aliphatic rings. The van der Waals surface area contributed by atoms with Crippen LogP contribution in [0.4, 0.5) is 0 Å². The van der Waals surface area contributed by atoms with Crippen molar-refractivity contribution in [3.05, 3.63) is 33.3 Å². The van der Waals surface area contributed by atoms with E-state index in [4.69, 9.17) is 11.6 Å². The average Bonchev–Trinajstić information content (AvgIpc) is 2.17. The first-order valence-corrected chi connectivity index (χ1v) is 6.94. The van der Waals surface area contributed by atoms with E-state index in [-0.39, 0.29) is 5.91 Å². The smallest absolute Gasteiger partial charge is 0.252 e. The Morgan fingerprint density at radius 2 is 2.33 bits per heavy atom. The highest BCUT2D eigenvalue weighted by atomic mass is 79.9. The maximum atomic E-state index is 11.7. The van der Waals surface area contributed by atoms with Gasteiger partial charge in [-0.25, -0.2) is 0 Å². The molecule has 0 atom stereocenters. The van der Waals surface area contributed by atoms with Crippen LogP contribution in [0.2, 0.25) is 5.02 Å². The van der Waals surface area contributed by atoms with Gasteiger partial charge in [0.25, 0.3) is 5.91 Å². The van der Waals surface area contributed by atoms with Gasteiger partial charge in [-0.1, -0.05) is 11.6 Å². The third-order valence-corrected chi connectivity index (χ3v) is 3.27. The summed E-state index contributed by atoms with van der Waals surface area (Å²) in [6.07, 6.45) is 2.00. The van der Waals surface area contributed by atoms with E-state index >= 15 is 0 Å². The van der Waals surface area contributed by atoms with E-state index in [0.717, 1.165) is 10.2 Å². The second kappa shape index (κ2) is 6.40. The van der Waals surface area contributed by atoms with Crippen molar-refractivity contribution in [2.24, 2.45) is 0 Å². The summed E-state index contributed by atoms with van der Waals surface area (Å²) in [6, 6.07) is 5.13. The predicted molar refractivity (Wildman–Crippen MR) is 69.9 cm³/mol. The number of hydrogen-bond acceptors (Lipinski definition) is 2. The normalized spacial score (nSPS) is 10.1. The maximum Gasteiger partial charge on any atom is 0.252 e. The molecule has 1 aromatic rings. The zero-order valence-electron chi connectivity index (χ0n) is 8.22. The van der Waals surface area contributed by atoms with Crippen LogP contribution in [0.1, 0.15) is 10.4 Å². The Hall–Kier alpha value is -0.190. The average molecular weight is 309 g/mol. The monoisotopic (exact) mass is 307 g/mol. The van der Waals surface area contributed by atoms with E-state index in [1.807, 2.05) is 6.26 Å². The van der Waals surface area contributed by atoms with Crippen molar-refractivity contribution in [1.29, 1.82) is 0 Å². The fourth-order valence-electron chi connectivity index (χ4n) is 1.04. The van der Waals surface area contributed by atoms with Crippen LogP contribution in [0.3, 0.4) is 0 Å². The Kier molecular flexibility index (Phi) is 5.50. The standard InChI is InChI=1S/C10H11BrClNOS/c1-15-5-4-13-10(14)8-3-2-7(12)6-9(8)11/h2-3,6H,4-5H2,1H3,(H,13,14). The summed E-state index contributed by atoms with van der Waals surface area (Å²) in [6.45, 7) is 0.676. The van der Waals surface area contributed by atoms with E-state index in [1.165, 1.54) is 0 Å². The van der Waals surface area contributed by atoms with Gasteiger partial charge in [0, 0.05) is 21.8 Å². The van der Waals surface area contributed by atoms with E-state index in [2.05, 4.69) is 21.2 Å². The lowest BCUT2D eigenvalue weighted by Crippen LogP contribution is -2.25. The van der Waals surface area contributed by atoms with Crippen molar-refractivity contribution in [3.8, 4) is 0 Å². The Bertz CT molecular complexity index is 359. The van der Waals surface area contributed by atoms with Gasteiger partial charge in [-0.3, -0.25) is 4.79 Å². The molecule has 0 unspecified atom stereocenters. The van der Waals surface area contributed by atoms with Crippen LogP contribution in [-0.4, -0.2) is 24.5 Å². The summed E-state index contributed by atoms with van der Waals surface area (Å²) >= 11 is 10.8. The van der Waals surface area contributed by atoms with E-state index in [1.54, 1.807) is 30.0 Å². The third-order valence-electron chi connectivity index (χ3n) is 1.77. The summed E-state index contributed by atoms with van der Waals surface area (Å²) < 4.78 is 0.719. The first-order chi connectivity index (χ1) is 7.15. The number of rotatable bonds is 4. The summed E-state index contributed by atoms with van der Waals surface area (Å²) in [5.41, 5.74) is 0.612. The second-order valence-corrected chi connectivity index (χ2v) is 5.15. The van der Waals surface area contributed by atoms with Gasteiger partial charge < -0.3 is 5.32 Å². The number of hydrogen-bond donors (Lipinski definition) is 1. The van der Waals surface area contributed by atoms with Crippen molar-refractivity contribution in [2.75, 3.05) is 18.6 Å². The predicted octanol–water partition coefficient (Wildman–Crippen LogP) is 3.20. The lowest BCUT2D eigenvalue weighted by atomic mass is 10.2. The van der Waals surface area contributed by atoms with Crippen molar-refractivity contribution < 1.29 is 4.79 Å². The van der Waals surface area contributed by atoms with Crippen molar-refractivity contribution in [2.45, 2.75) is 0 Å².